The highest BCUT2D eigenvalue weighted by atomic mass is 35.5. The highest BCUT2D eigenvalue weighted by molar-refractivity contribution is 6.30. The van der Waals surface area contributed by atoms with Gasteiger partial charge in [-0.1, -0.05) is 11.6 Å². The molecule has 0 fully saturated rings. The number of ether oxygens (including phenoxy) is 2. The zero-order valence-corrected chi connectivity index (χ0v) is 13.9. The van der Waals surface area contributed by atoms with Crippen molar-refractivity contribution in [2.45, 2.75) is 26.1 Å². The Balaban J connectivity index is 2.49. The van der Waals surface area contributed by atoms with Gasteiger partial charge in [-0.25, -0.2) is 9.48 Å². The van der Waals surface area contributed by atoms with Gasteiger partial charge in [0.1, 0.15) is 6.54 Å². The maximum absolute atomic E-state index is 12.5. The molecule has 0 aliphatic heterocycles. The van der Waals surface area contributed by atoms with Crippen molar-refractivity contribution in [3.63, 3.8) is 0 Å². The first kappa shape index (κ1) is 17.2. The minimum Gasteiger partial charge on any atom is -0.468 e. The predicted octanol–water partition coefficient (Wildman–Crippen LogP) is 1.57. The van der Waals surface area contributed by atoms with Crippen molar-refractivity contribution in [3.8, 4) is 11.4 Å². The van der Waals surface area contributed by atoms with Gasteiger partial charge >= 0.3 is 11.7 Å². The van der Waals surface area contributed by atoms with E-state index in [9.17, 15) is 9.59 Å². The summed E-state index contributed by atoms with van der Waals surface area (Å²) in [6.45, 7) is 1.91. The SMILES string of the molecule is COC(=O)Cn1nc(-c2ccc(Cl)cc2)n(CC(C)OC)c1=O. The van der Waals surface area contributed by atoms with Crippen molar-refractivity contribution in [1.82, 2.24) is 14.3 Å². The number of esters is 1. The summed E-state index contributed by atoms with van der Waals surface area (Å²) in [5.74, 6) is -0.0985. The molecule has 0 aliphatic rings. The molecule has 0 saturated heterocycles. The van der Waals surface area contributed by atoms with Crippen LogP contribution in [0.4, 0.5) is 0 Å². The summed E-state index contributed by atoms with van der Waals surface area (Å²) in [7, 11) is 2.83. The molecule has 0 radical (unpaired) electrons. The number of rotatable bonds is 6. The van der Waals surface area contributed by atoms with Gasteiger partial charge in [-0.2, -0.15) is 0 Å². The highest BCUT2D eigenvalue weighted by Gasteiger charge is 2.18. The number of carbonyl (C=O) groups is 1. The third kappa shape index (κ3) is 4.00. The lowest BCUT2D eigenvalue weighted by molar-refractivity contribution is -0.141. The van der Waals surface area contributed by atoms with E-state index >= 15 is 0 Å². The predicted molar refractivity (Wildman–Crippen MR) is 85.4 cm³/mol. The molecule has 1 unspecified atom stereocenters. The summed E-state index contributed by atoms with van der Waals surface area (Å²) >= 11 is 5.89. The minimum atomic E-state index is -0.542. The lowest BCUT2D eigenvalue weighted by atomic mass is 10.2. The van der Waals surface area contributed by atoms with Crippen LogP contribution >= 0.6 is 11.6 Å². The molecule has 1 heterocycles. The summed E-state index contributed by atoms with van der Waals surface area (Å²) < 4.78 is 12.4. The Labute approximate surface area is 138 Å². The number of carbonyl (C=O) groups excluding carboxylic acids is 1. The monoisotopic (exact) mass is 339 g/mol. The van der Waals surface area contributed by atoms with Crippen LogP contribution in [-0.4, -0.2) is 40.6 Å². The molecule has 0 aliphatic carbocycles. The molecule has 8 heteroatoms. The van der Waals surface area contributed by atoms with Gasteiger partial charge in [0.25, 0.3) is 0 Å². The minimum absolute atomic E-state index is 0.186. The molecular formula is C15H18ClN3O4. The molecule has 124 valence electrons. The van der Waals surface area contributed by atoms with Crippen molar-refractivity contribution in [3.05, 3.63) is 39.8 Å². The van der Waals surface area contributed by atoms with Crippen molar-refractivity contribution < 1.29 is 14.3 Å². The molecule has 0 bridgehead atoms. The molecule has 0 spiro atoms. The van der Waals surface area contributed by atoms with Crippen molar-refractivity contribution >= 4 is 17.6 Å². The fourth-order valence-corrected chi connectivity index (χ4v) is 2.17. The van der Waals surface area contributed by atoms with Crippen molar-refractivity contribution in [1.29, 1.82) is 0 Å². The third-order valence-electron chi connectivity index (χ3n) is 3.37. The number of nitrogens with zero attached hydrogens (tertiary/aromatic N) is 3. The van der Waals surface area contributed by atoms with Gasteiger partial charge in [-0.15, -0.1) is 5.10 Å². The Kier molecular flexibility index (Phi) is 5.57. The van der Waals surface area contributed by atoms with E-state index in [-0.39, 0.29) is 12.6 Å². The number of halogens is 1. The van der Waals surface area contributed by atoms with Gasteiger partial charge in [0, 0.05) is 17.7 Å². The normalized spacial score (nSPS) is 12.2. The summed E-state index contributed by atoms with van der Waals surface area (Å²) in [4.78, 5) is 23.9. The fourth-order valence-electron chi connectivity index (χ4n) is 2.04. The van der Waals surface area contributed by atoms with Gasteiger partial charge < -0.3 is 9.47 Å². The van der Waals surface area contributed by atoms with Crippen LogP contribution in [0.25, 0.3) is 11.4 Å². The van der Waals surface area contributed by atoms with Crippen molar-refractivity contribution in [2.75, 3.05) is 14.2 Å². The summed E-state index contributed by atoms with van der Waals surface area (Å²) in [6.07, 6.45) is -0.186. The van der Waals surface area contributed by atoms with Crippen LogP contribution in [0.15, 0.2) is 29.1 Å². The van der Waals surface area contributed by atoms with Crippen LogP contribution in [0.3, 0.4) is 0 Å². The van der Waals surface area contributed by atoms with Crippen molar-refractivity contribution in [2.24, 2.45) is 0 Å². The van der Waals surface area contributed by atoms with E-state index in [0.29, 0.717) is 17.4 Å². The second-order valence-corrected chi connectivity index (χ2v) is 5.44. The van der Waals surface area contributed by atoms with Gasteiger partial charge in [0.15, 0.2) is 5.82 Å². The lowest BCUT2D eigenvalue weighted by Gasteiger charge is -2.11. The number of benzene rings is 1. The smallest absolute Gasteiger partial charge is 0.346 e. The zero-order chi connectivity index (χ0) is 17.0. The Morgan fingerprint density at radius 1 is 1.30 bits per heavy atom. The molecule has 23 heavy (non-hydrogen) atoms. The van der Waals surface area contributed by atoms with E-state index in [4.69, 9.17) is 16.3 Å². The lowest BCUT2D eigenvalue weighted by Crippen LogP contribution is -2.31. The highest BCUT2D eigenvalue weighted by Crippen LogP contribution is 2.19. The zero-order valence-electron chi connectivity index (χ0n) is 13.2. The maximum atomic E-state index is 12.5. The molecule has 0 N–H and O–H groups in total. The van der Waals surface area contributed by atoms with Crippen LogP contribution in [0.1, 0.15) is 6.92 Å². The van der Waals surface area contributed by atoms with E-state index in [2.05, 4.69) is 9.84 Å². The van der Waals surface area contributed by atoms with Crippen LogP contribution in [-0.2, 0) is 27.4 Å². The first-order valence-corrected chi connectivity index (χ1v) is 7.37. The van der Waals surface area contributed by atoms with E-state index in [1.807, 2.05) is 6.92 Å². The quantitative estimate of drug-likeness (QED) is 0.747. The molecule has 2 rings (SSSR count). The Bertz CT molecular complexity index is 736. The molecule has 2 aromatic rings. The van der Waals surface area contributed by atoms with E-state index in [1.54, 1.807) is 31.4 Å². The van der Waals surface area contributed by atoms with Gasteiger partial charge in [0.2, 0.25) is 0 Å². The maximum Gasteiger partial charge on any atom is 0.346 e. The van der Waals surface area contributed by atoms with Gasteiger partial charge in [0.05, 0.1) is 19.8 Å². The van der Waals surface area contributed by atoms with Crippen LogP contribution in [0, 0.1) is 0 Å². The average molecular weight is 340 g/mol. The molecule has 1 atom stereocenters. The molecule has 1 aromatic carbocycles. The average Bonchev–Trinajstić information content (AvgIpc) is 2.84. The Morgan fingerprint density at radius 2 is 1.96 bits per heavy atom. The standard InChI is InChI=1S/C15H18ClN3O4/c1-10(22-2)8-18-14(11-4-6-12(16)7-5-11)17-19(15(18)21)9-13(20)23-3/h4-7,10H,8-9H2,1-3H3. The topological polar surface area (TPSA) is 75.3 Å². The summed E-state index contributed by atoms with van der Waals surface area (Å²) in [5.41, 5.74) is 0.322. The summed E-state index contributed by atoms with van der Waals surface area (Å²) in [5, 5.41) is 4.84. The number of aromatic nitrogens is 3. The number of methoxy groups -OCH3 is 2. The first-order chi connectivity index (χ1) is 11.0. The first-order valence-electron chi connectivity index (χ1n) is 6.99. The molecule has 0 saturated carbocycles. The van der Waals surface area contributed by atoms with Crippen LogP contribution in [0.5, 0.6) is 0 Å². The molecule has 1 aromatic heterocycles. The van der Waals surface area contributed by atoms with Gasteiger partial charge in [-0.05, 0) is 31.2 Å². The molecule has 7 nitrogen and oxygen atoms in total. The van der Waals surface area contributed by atoms with Crippen LogP contribution < -0.4 is 5.69 Å². The van der Waals surface area contributed by atoms with E-state index in [0.717, 1.165) is 10.2 Å². The summed E-state index contributed by atoms with van der Waals surface area (Å²) in [6, 6.07) is 6.96. The second-order valence-electron chi connectivity index (χ2n) is 5.00. The third-order valence-corrected chi connectivity index (χ3v) is 3.63. The molecule has 0 amide bonds. The number of hydrogen-bond donors (Lipinski definition) is 0. The Hall–Kier alpha value is -2.12. The van der Waals surface area contributed by atoms with E-state index in [1.165, 1.54) is 11.7 Å². The molecular weight excluding hydrogens is 322 g/mol. The van der Waals surface area contributed by atoms with Gasteiger partial charge in [-0.3, -0.25) is 9.36 Å². The second kappa shape index (κ2) is 7.43. The number of hydrogen-bond acceptors (Lipinski definition) is 5. The van der Waals surface area contributed by atoms with Crippen LogP contribution in [0.2, 0.25) is 5.02 Å². The largest absolute Gasteiger partial charge is 0.468 e. The van der Waals surface area contributed by atoms with E-state index < -0.39 is 11.7 Å². The Morgan fingerprint density at radius 3 is 2.52 bits per heavy atom. The fraction of sp³-hybridized carbons (Fsp3) is 0.400.